The Morgan fingerprint density at radius 3 is 2.18 bits per heavy atom. The molecule has 6 N–H and O–H groups in total. The predicted octanol–water partition coefficient (Wildman–Crippen LogP) is 3.66. The number of nitrogens with one attached hydrogen (secondary N) is 2. The zero-order chi connectivity index (χ0) is 24.1. The third-order valence-electron chi connectivity index (χ3n) is 5.34. The van der Waals surface area contributed by atoms with E-state index >= 15 is 0 Å². The standard InChI is InChI=1S/C26H25N7O/c1-17(31-32-26(27)28)18-7-11-21(12-8-18)30-25(34)19-9-13-20(14-10-19)29-23-15-16-33(2)24-6-4-3-5-22(23)24/h3-16H,1-2H3,(H5,27,28,30,31,32,34)/p+1. The summed E-state index contributed by atoms with van der Waals surface area (Å²) < 4.78 is 2.08. The van der Waals surface area contributed by atoms with Crippen LogP contribution in [0.5, 0.6) is 0 Å². The van der Waals surface area contributed by atoms with Crippen LogP contribution in [0.1, 0.15) is 22.8 Å². The van der Waals surface area contributed by atoms with Crippen LogP contribution in [0.3, 0.4) is 0 Å². The van der Waals surface area contributed by atoms with Crippen molar-refractivity contribution in [3.8, 4) is 0 Å². The number of para-hydroxylation sites is 1. The molecule has 0 aliphatic carbocycles. The minimum absolute atomic E-state index is 0.101. The molecule has 1 amide bonds. The van der Waals surface area contributed by atoms with Gasteiger partial charge in [-0.3, -0.25) is 4.79 Å². The number of guanidine groups is 1. The summed E-state index contributed by atoms with van der Waals surface area (Å²) in [5.41, 5.74) is 16.4. The van der Waals surface area contributed by atoms with Crippen LogP contribution >= 0.6 is 0 Å². The van der Waals surface area contributed by atoms with Crippen molar-refractivity contribution in [2.45, 2.75) is 6.92 Å². The van der Waals surface area contributed by atoms with Gasteiger partial charge in [-0.25, -0.2) is 4.57 Å². The van der Waals surface area contributed by atoms with Crippen molar-refractivity contribution in [3.63, 3.8) is 0 Å². The topological polar surface area (TPSA) is 122 Å². The number of aromatic nitrogens is 1. The maximum absolute atomic E-state index is 12.7. The maximum Gasteiger partial charge on any atom is 0.255 e. The number of nitrogens with zero attached hydrogens (tertiary/aromatic N) is 3. The highest BCUT2D eigenvalue weighted by molar-refractivity contribution is 6.05. The zero-order valence-electron chi connectivity index (χ0n) is 19.0. The highest BCUT2D eigenvalue weighted by Crippen LogP contribution is 2.24. The monoisotopic (exact) mass is 452 g/mol. The Morgan fingerprint density at radius 2 is 1.47 bits per heavy atom. The first-order valence-corrected chi connectivity index (χ1v) is 10.7. The van der Waals surface area contributed by atoms with Crippen molar-refractivity contribution in [1.29, 1.82) is 0 Å². The van der Waals surface area contributed by atoms with Crippen molar-refractivity contribution in [3.05, 3.63) is 96.2 Å². The summed E-state index contributed by atoms with van der Waals surface area (Å²) in [4.78, 5) is 12.7. The average molecular weight is 453 g/mol. The van der Waals surface area contributed by atoms with Gasteiger partial charge in [0.15, 0.2) is 6.20 Å². The number of anilines is 3. The van der Waals surface area contributed by atoms with Crippen LogP contribution in [0.4, 0.5) is 17.1 Å². The number of benzene rings is 3. The quantitative estimate of drug-likeness (QED) is 0.154. The lowest BCUT2D eigenvalue weighted by atomic mass is 10.1. The molecule has 0 bridgehead atoms. The SMILES string of the molecule is C/C(=N\N=C(N)N)c1ccc(NC(=O)c2ccc(Nc3cc[n+](C)c4ccccc34)cc2)cc1. The fourth-order valence-electron chi connectivity index (χ4n) is 3.52. The summed E-state index contributed by atoms with van der Waals surface area (Å²) >= 11 is 0. The molecular weight excluding hydrogens is 426 g/mol. The molecule has 34 heavy (non-hydrogen) atoms. The van der Waals surface area contributed by atoms with Gasteiger partial charge in [-0.1, -0.05) is 24.3 Å². The first-order valence-electron chi connectivity index (χ1n) is 10.7. The molecule has 170 valence electrons. The fraction of sp³-hybridized carbons (Fsp3) is 0.0769. The van der Waals surface area contributed by atoms with Crippen molar-refractivity contribution in [1.82, 2.24) is 0 Å². The van der Waals surface area contributed by atoms with E-state index in [1.807, 2.05) is 55.7 Å². The molecule has 4 aromatic rings. The van der Waals surface area contributed by atoms with Gasteiger partial charge in [-0.05, 0) is 55.0 Å². The maximum atomic E-state index is 12.7. The van der Waals surface area contributed by atoms with Gasteiger partial charge in [0.25, 0.3) is 5.91 Å². The second-order valence-corrected chi connectivity index (χ2v) is 7.80. The van der Waals surface area contributed by atoms with Crippen LogP contribution in [-0.2, 0) is 7.05 Å². The molecule has 4 rings (SSSR count). The number of hydrogen-bond donors (Lipinski definition) is 4. The minimum Gasteiger partial charge on any atom is -0.369 e. The van der Waals surface area contributed by atoms with E-state index < -0.39 is 0 Å². The molecule has 8 nitrogen and oxygen atoms in total. The molecule has 0 saturated carbocycles. The highest BCUT2D eigenvalue weighted by Gasteiger charge is 2.10. The molecule has 0 spiro atoms. The normalized spacial score (nSPS) is 11.2. The van der Waals surface area contributed by atoms with E-state index in [0.29, 0.717) is 17.0 Å². The van der Waals surface area contributed by atoms with Crippen molar-refractivity contribution < 1.29 is 9.36 Å². The Bertz CT molecular complexity index is 1390. The molecule has 0 aliphatic rings. The molecule has 0 aliphatic heterocycles. The zero-order valence-corrected chi connectivity index (χ0v) is 19.0. The van der Waals surface area contributed by atoms with E-state index in [-0.39, 0.29) is 11.9 Å². The first kappa shape index (κ1) is 22.5. The number of aryl methyl sites for hydroxylation is 1. The van der Waals surface area contributed by atoms with Gasteiger partial charge in [0.2, 0.25) is 11.5 Å². The number of carbonyl (C=O) groups is 1. The molecule has 3 aromatic carbocycles. The number of rotatable bonds is 6. The number of amides is 1. The molecule has 1 heterocycles. The van der Waals surface area contributed by atoms with Gasteiger partial charge in [-0.15, -0.1) is 5.10 Å². The number of nitrogens with two attached hydrogens (primary N) is 2. The molecule has 0 unspecified atom stereocenters. The van der Waals surface area contributed by atoms with Crippen LogP contribution in [0.2, 0.25) is 0 Å². The van der Waals surface area contributed by atoms with Crippen LogP contribution in [-0.4, -0.2) is 17.6 Å². The lowest BCUT2D eigenvalue weighted by molar-refractivity contribution is -0.644. The molecule has 1 aromatic heterocycles. The van der Waals surface area contributed by atoms with E-state index in [0.717, 1.165) is 27.8 Å². The minimum atomic E-state index is -0.192. The summed E-state index contributed by atoms with van der Waals surface area (Å²) in [5, 5.41) is 15.1. The van der Waals surface area contributed by atoms with E-state index in [4.69, 9.17) is 11.5 Å². The lowest BCUT2D eigenvalue weighted by Gasteiger charge is -2.10. The van der Waals surface area contributed by atoms with Crippen molar-refractivity contribution in [2.24, 2.45) is 28.7 Å². The Hall–Kier alpha value is -4.72. The van der Waals surface area contributed by atoms with Gasteiger partial charge >= 0.3 is 0 Å². The van der Waals surface area contributed by atoms with Crippen molar-refractivity contribution >= 4 is 45.5 Å². The summed E-state index contributed by atoms with van der Waals surface area (Å²) in [6, 6.07) is 24.9. The second-order valence-electron chi connectivity index (χ2n) is 7.80. The van der Waals surface area contributed by atoms with Crippen molar-refractivity contribution in [2.75, 3.05) is 10.6 Å². The van der Waals surface area contributed by atoms with Gasteiger partial charge in [-0.2, -0.15) is 5.10 Å². The second kappa shape index (κ2) is 9.83. The largest absolute Gasteiger partial charge is 0.369 e. The summed E-state index contributed by atoms with van der Waals surface area (Å²) in [6.07, 6.45) is 2.02. The van der Waals surface area contributed by atoms with Crippen LogP contribution in [0, 0.1) is 0 Å². The number of pyridine rings is 1. The number of carbonyl (C=O) groups excluding carboxylic acids is 1. The van der Waals surface area contributed by atoms with Gasteiger partial charge in [0.05, 0.1) is 16.8 Å². The first-order chi connectivity index (χ1) is 16.4. The summed E-state index contributed by atoms with van der Waals surface area (Å²) in [7, 11) is 2.02. The van der Waals surface area contributed by atoms with E-state index in [2.05, 4.69) is 37.5 Å². The van der Waals surface area contributed by atoms with E-state index in [1.54, 1.807) is 31.2 Å². The average Bonchev–Trinajstić information content (AvgIpc) is 2.85. The Labute approximate surface area is 197 Å². The van der Waals surface area contributed by atoms with Gasteiger partial charge in [0, 0.05) is 29.1 Å². The third kappa shape index (κ3) is 5.18. The van der Waals surface area contributed by atoms with Gasteiger partial charge in [0.1, 0.15) is 7.05 Å². The summed E-state index contributed by atoms with van der Waals surface area (Å²) in [5.74, 6) is -0.293. The van der Waals surface area contributed by atoms with Crippen LogP contribution < -0.4 is 26.7 Å². The fourth-order valence-corrected chi connectivity index (χ4v) is 3.52. The molecule has 0 atom stereocenters. The van der Waals surface area contributed by atoms with Crippen LogP contribution in [0.15, 0.2) is 95.3 Å². The molecule has 0 fully saturated rings. The Kier molecular flexibility index (Phi) is 6.49. The lowest BCUT2D eigenvalue weighted by Crippen LogP contribution is -2.28. The highest BCUT2D eigenvalue weighted by atomic mass is 16.1. The predicted molar refractivity (Wildman–Crippen MR) is 137 cm³/mol. The van der Waals surface area contributed by atoms with Gasteiger partial charge < -0.3 is 22.1 Å². The van der Waals surface area contributed by atoms with E-state index in [1.165, 1.54) is 0 Å². The number of hydrogen-bond acceptors (Lipinski definition) is 4. The summed E-state index contributed by atoms with van der Waals surface area (Å²) in [6.45, 7) is 1.80. The smallest absolute Gasteiger partial charge is 0.255 e. The number of fused-ring (bicyclic) bond motifs is 1. The Balaban J connectivity index is 1.43. The Morgan fingerprint density at radius 1 is 0.824 bits per heavy atom. The van der Waals surface area contributed by atoms with E-state index in [9.17, 15) is 4.79 Å². The van der Waals surface area contributed by atoms with Crippen LogP contribution in [0.25, 0.3) is 10.9 Å². The molecule has 0 radical (unpaired) electrons. The molecule has 0 saturated heterocycles. The third-order valence-corrected chi connectivity index (χ3v) is 5.34. The molecule has 8 heteroatoms. The molecular formula is C26H26N7O+.